The molecule has 0 aliphatic heterocycles. The predicted molar refractivity (Wildman–Crippen MR) is 105 cm³/mol. The Labute approximate surface area is 154 Å². The van der Waals surface area contributed by atoms with Gasteiger partial charge in [-0.05, 0) is 54.3 Å². The normalized spacial score (nSPS) is 11.4. The third-order valence-corrected chi connectivity index (χ3v) is 4.34. The zero-order valence-corrected chi connectivity index (χ0v) is 15.8. The molecule has 0 aliphatic carbocycles. The number of aryl methyl sites for hydroxylation is 2. The molecule has 0 spiro atoms. The molecule has 0 bridgehead atoms. The minimum absolute atomic E-state index is 0.186. The van der Waals surface area contributed by atoms with E-state index in [-0.39, 0.29) is 5.82 Å². The van der Waals surface area contributed by atoms with Gasteiger partial charge in [0.15, 0.2) is 0 Å². The van der Waals surface area contributed by atoms with Gasteiger partial charge in [0, 0.05) is 5.75 Å². The van der Waals surface area contributed by atoms with E-state index in [1.807, 2.05) is 12.1 Å². The first-order chi connectivity index (χ1) is 12.0. The van der Waals surface area contributed by atoms with Gasteiger partial charge < -0.3 is 10.4 Å². The summed E-state index contributed by atoms with van der Waals surface area (Å²) in [6.45, 7) is 4.34. The Hall–Kier alpha value is -1.85. The summed E-state index contributed by atoms with van der Waals surface area (Å²) >= 11 is 3.79. The summed E-state index contributed by atoms with van der Waals surface area (Å²) in [5.41, 5.74) is 5.02. The van der Waals surface area contributed by atoms with Crippen molar-refractivity contribution in [2.45, 2.75) is 32.7 Å². The van der Waals surface area contributed by atoms with E-state index in [0.717, 1.165) is 18.4 Å². The van der Waals surface area contributed by atoms with E-state index >= 15 is 0 Å². The molecule has 2 rings (SSSR count). The number of hydrogen-bond acceptors (Lipinski definition) is 3. The van der Waals surface area contributed by atoms with Crippen LogP contribution < -0.4 is 5.32 Å². The molecule has 3 nitrogen and oxygen atoms in total. The lowest BCUT2D eigenvalue weighted by molar-refractivity contribution is -0.138. The highest BCUT2D eigenvalue weighted by atomic mass is 32.1. The fourth-order valence-electron chi connectivity index (χ4n) is 2.41. The van der Waals surface area contributed by atoms with Crippen LogP contribution in [0, 0.1) is 5.82 Å². The number of halogens is 1. The summed E-state index contributed by atoms with van der Waals surface area (Å²) in [6.07, 6.45) is 2.10. The monoisotopic (exact) mass is 363 g/mol. The van der Waals surface area contributed by atoms with Crippen molar-refractivity contribution in [2.24, 2.45) is 0 Å². The Morgan fingerprint density at radius 1 is 1.08 bits per heavy atom. The molecule has 0 saturated heterocycles. The molecule has 0 aliphatic rings. The molecule has 0 fully saturated rings. The van der Waals surface area contributed by atoms with E-state index in [1.165, 1.54) is 28.8 Å². The minimum Gasteiger partial charge on any atom is -0.480 e. The van der Waals surface area contributed by atoms with Gasteiger partial charge in [0.1, 0.15) is 11.9 Å². The van der Waals surface area contributed by atoms with Gasteiger partial charge in [0.05, 0.1) is 0 Å². The topological polar surface area (TPSA) is 49.3 Å². The summed E-state index contributed by atoms with van der Waals surface area (Å²) in [7, 11) is 1.59. The molecule has 0 unspecified atom stereocenters. The van der Waals surface area contributed by atoms with Crippen LogP contribution in [0.4, 0.5) is 4.39 Å². The van der Waals surface area contributed by atoms with Crippen LogP contribution in [0.2, 0.25) is 0 Å². The maximum atomic E-state index is 12.9. The summed E-state index contributed by atoms with van der Waals surface area (Å²) < 4.78 is 12.9. The van der Waals surface area contributed by atoms with Crippen molar-refractivity contribution in [3.63, 3.8) is 0 Å². The highest BCUT2D eigenvalue weighted by molar-refractivity contribution is 7.80. The zero-order valence-electron chi connectivity index (χ0n) is 14.9. The number of likely N-dealkylation sites (N-methyl/N-ethyl adjacent to an activating group) is 1. The van der Waals surface area contributed by atoms with Crippen molar-refractivity contribution in [1.29, 1.82) is 0 Å². The van der Waals surface area contributed by atoms with E-state index in [2.05, 4.69) is 50.0 Å². The lowest BCUT2D eigenvalue weighted by atomic mass is 9.96. The number of rotatable bonds is 6. The second-order valence-electron chi connectivity index (χ2n) is 5.56. The Kier molecular flexibility index (Phi) is 9.24. The number of carboxylic acids is 1. The summed E-state index contributed by atoms with van der Waals surface area (Å²) in [6, 6.07) is 12.7. The number of aliphatic carboxylic acids is 1. The van der Waals surface area contributed by atoms with E-state index in [9.17, 15) is 9.18 Å². The molecule has 5 heteroatoms. The first-order valence-electron chi connectivity index (χ1n) is 8.35. The molecule has 0 amide bonds. The van der Waals surface area contributed by atoms with Crippen LogP contribution in [-0.2, 0) is 17.6 Å². The molecule has 2 N–H and O–H groups in total. The molecule has 0 heterocycles. The minimum atomic E-state index is -0.859. The van der Waals surface area contributed by atoms with Crippen molar-refractivity contribution in [3.05, 3.63) is 59.4 Å². The second-order valence-corrected chi connectivity index (χ2v) is 5.92. The van der Waals surface area contributed by atoms with Crippen LogP contribution >= 0.6 is 12.6 Å². The van der Waals surface area contributed by atoms with Gasteiger partial charge in [-0.3, -0.25) is 4.79 Å². The SMILES string of the molecule is CCc1ccc(-c2ccc(F)cc2)cc1CC.CN[C@@H](CS)C(=O)O. The number of benzene rings is 2. The highest BCUT2D eigenvalue weighted by Gasteiger charge is 2.10. The Balaban J connectivity index is 0.000000333. The molecule has 0 aromatic heterocycles. The Morgan fingerprint density at radius 3 is 2.04 bits per heavy atom. The quantitative estimate of drug-likeness (QED) is 0.674. The largest absolute Gasteiger partial charge is 0.480 e. The number of carboxylic acid groups (broad SMARTS) is 1. The van der Waals surface area contributed by atoms with Gasteiger partial charge in [-0.15, -0.1) is 0 Å². The van der Waals surface area contributed by atoms with Gasteiger partial charge >= 0.3 is 5.97 Å². The molecular formula is C20H26FNO2S. The fourth-order valence-corrected chi connectivity index (χ4v) is 2.75. The van der Waals surface area contributed by atoms with Crippen LogP contribution in [0.3, 0.4) is 0 Å². The molecular weight excluding hydrogens is 337 g/mol. The molecule has 0 radical (unpaired) electrons. The van der Waals surface area contributed by atoms with Crippen LogP contribution in [0.1, 0.15) is 25.0 Å². The number of thiol groups is 1. The molecule has 0 saturated carbocycles. The Bertz CT molecular complexity index is 670. The van der Waals surface area contributed by atoms with Gasteiger partial charge in [-0.2, -0.15) is 12.6 Å². The van der Waals surface area contributed by atoms with Gasteiger partial charge in [-0.25, -0.2) is 4.39 Å². The van der Waals surface area contributed by atoms with Crippen molar-refractivity contribution < 1.29 is 14.3 Å². The summed E-state index contributed by atoms with van der Waals surface area (Å²) in [5.74, 6) is -0.719. The third kappa shape index (κ3) is 6.52. The van der Waals surface area contributed by atoms with Gasteiger partial charge in [0.25, 0.3) is 0 Å². The average molecular weight is 363 g/mol. The van der Waals surface area contributed by atoms with E-state index in [4.69, 9.17) is 5.11 Å². The van der Waals surface area contributed by atoms with Gasteiger partial charge in [-0.1, -0.05) is 44.2 Å². The number of carbonyl (C=O) groups is 1. The molecule has 136 valence electrons. The highest BCUT2D eigenvalue weighted by Crippen LogP contribution is 2.23. The van der Waals surface area contributed by atoms with E-state index in [1.54, 1.807) is 7.05 Å². The van der Waals surface area contributed by atoms with Crippen molar-refractivity contribution in [2.75, 3.05) is 12.8 Å². The van der Waals surface area contributed by atoms with E-state index in [0.29, 0.717) is 5.75 Å². The molecule has 25 heavy (non-hydrogen) atoms. The smallest absolute Gasteiger partial charge is 0.321 e. The maximum Gasteiger partial charge on any atom is 0.321 e. The number of hydrogen-bond donors (Lipinski definition) is 3. The summed E-state index contributed by atoms with van der Waals surface area (Å²) in [4.78, 5) is 10.1. The van der Waals surface area contributed by atoms with Crippen LogP contribution in [0.25, 0.3) is 11.1 Å². The van der Waals surface area contributed by atoms with Crippen molar-refractivity contribution >= 4 is 18.6 Å². The van der Waals surface area contributed by atoms with Gasteiger partial charge in [0.2, 0.25) is 0 Å². The van der Waals surface area contributed by atoms with Crippen molar-refractivity contribution in [3.8, 4) is 11.1 Å². The Morgan fingerprint density at radius 2 is 1.64 bits per heavy atom. The average Bonchev–Trinajstić information content (AvgIpc) is 2.63. The van der Waals surface area contributed by atoms with Crippen LogP contribution in [0.5, 0.6) is 0 Å². The zero-order chi connectivity index (χ0) is 18.8. The number of nitrogens with one attached hydrogen (secondary N) is 1. The van der Waals surface area contributed by atoms with Crippen molar-refractivity contribution in [1.82, 2.24) is 5.32 Å². The lowest BCUT2D eigenvalue weighted by Crippen LogP contribution is -2.35. The molecule has 1 atom stereocenters. The first kappa shape index (κ1) is 21.2. The fraction of sp³-hybridized carbons (Fsp3) is 0.350. The predicted octanol–water partition coefficient (Wildman–Crippen LogP) is 4.21. The van der Waals surface area contributed by atoms with E-state index < -0.39 is 12.0 Å². The standard InChI is InChI=1S/C16H17F.C4H9NO2S/c1-3-12-5-6-15(11-13(12)4-2)14-7-9-16(17)10-8-14;1-5-3(2-8)4(6)7/h5-11H,3-4H2,1-2H3;3,5,8H,2H2,1H3,(H,6,7)/t;3-/m.0/s1. The summed E-state index contributed by atoms with van der Waals surface area (Å²) in [5, 5.41) is 10.8. The third-order valence-electron chi connectivity index (χ3n) is 3.97. The molecule has 2 aromatic rings. The molecule has 2 aromatic carbocycles. The second kappa shape index (κ2) is 10.9. The lowest BCUT2D eigenvalue weighted by Gasteiger charge is -2.09. The maximum absolute atomic E-state index is 12.9. The van der Waals surface area contributed by atoms with Crippen LogP contribution in [-0.4, -0.2) is 29.9 Å². The van der Waals surface area contributed by atoms with Crippen LogP contribution in [0.15, 0.2) is 42.5 Å². The first-order valence-corrected chi connectivity index (χ1v) is 8.98.